The first kappa shape index (κ1) is 13.3. The minimum absolute atomic E-state index is 0.136. The molecule has 1 rings (SSSR count). The molecule has 0 bridgehead atoms. The van der Waals surface area contributed by atoms with Crippen LogP contribution in [0.3, 0.4) is 0 Å². The number of hydrogen-bond donors (Lipinski definition) is 0. The van der Waals surface area contributed by atoms with Gasteiger partial charge in [-0.25, -0.2) is 4.79 Å². The highest BCUT2D eigenvalue weighted by Gasteiger charge is 2.17. The van der Waals surface area contributed by atoms with E-state index in [2.05, 4.69) is 23.6 Å². The van der Waals surface area contributed by atoms with Crippen LogP contribution in [0.15, 0.2) is 0 Å². The van der Waals surface area contributed by atoms with Crippen LogP contribution in [-0.4, -0.2) is 24.7 Å². The number of halogens is 1. The SMILES string of the molecule is COC(=O)c1sc(OCCC(C)C)nc1Cl. The lowest BCUT2D eigenvalue weighted by molar-refractivity contribution is 0.0606. The number of carbonyl (C=O) groups excluding carboxylic acids is 1. The normalized spacial score (nSPS) is 10.6. The van der Waals surface area contributed by atoms with Crippen molar-refractivity contribution in [2.24, 2.45) is 5.92 Å². The van der Waals surface area contributed by atoms with Gasteiger partial charge >= 0.3 is 5.97 Å². The predicted molar refractivity (Wildman–Crippen MR) is 63.4 cm³/mol. The highest BCUT2D eigenvalue weighted by Crippen LogP contribution is 2.29. The first-order chi connectivity index (χ1) is 7.54. The lowest BCUT2D eigenvalue weighted by Gasteiger charge is -2.03. The van der Waals surface area contributed by atoms with Crippen LogP contribution in [0.5, 0.6) is 5.19 Å². The average Bonchev–Trinajstić information content (AvgIpc) is 2.58. The van der Waals surface area contributed by atoms with Gasteiger partial charge in [0, 0.05) is 0 Å². The number of thiazole rings is 1. The molecule has 1 aromatic heterocycles. The predicted octanol–water partition coefficient (Wildman–Crippen LogP) is 3.01. The van der Waals surface area contributed by atoms with Crippen molar-refractivity contribution in [3.63, 3.8) is 0 Å². The molecule has 0 radical (unpaired) electrons. The minimum Gasteiger partial charge on any atom is -0.470 e. The molecule has 0 aliphatic heterocycles. The van der Waals surface area contributed by atoms with Crippen LogP contribution in [0.1, 0.15) is 29.9 Å². The molecule has 90 valence electrons. The number of esters is 1. The third-order valence-corrected chi connectivity index (χ3v) is 3.19. The van der Waals surface area contributed by atoms with Gasteiger partial charge in [-0.2, -0.15) is 4.98 Å². The maximum atomic E-state index is 11.2. The Morgan fingerprint density at radius 3 is 2.81 bits per heavy atom. The molecule has 0 aliphatic carbocycles. The summed E-state index contributed by atoms with van der Waals surface area (Å²) in [4.78, 5) is 15.5. The van der Waals surface area contributed by atoms with Gasteiger partial charge in [-0.3, -0.25) is 0 Å². The van der Waals surface area contributed by atoms with Gasteiger partial charge in [0.15, 0.2) is 10.0 Å². The van der Waals surface area contributed by atoms with Crippen molar-refractivity contribution in [2.45, 2.75) is 20.3 Å². The maximum absolute atomic E-state index is 11.2. The lowest BCUT2D eigenvalue weighted by atomic mass is 10.1. The molecule has 0 aromatic carbocycles. The second-order valence-corrected chi connectivity index (χ2v) is 4.94. The molecule has 0 aliphatic rings. The van der Waals surface area contributed by atoms with Crippen LogP contribution >= 0.6 is 22.9 Å². The fourth-order valence-electron chi connectivity index (χ4n) is 0.945. The third-order valence-electron chi connectivity index (χ3n) is 1.86. The van der Waals surface area contributed by atoms with Gasteiger partial charge in [-0.1, -0.05) is 36.8 Å². The molecule has 1 heterocycles. The Bertz CT molecular complexity index is 365. The first-order valence-electron chi connectivity index (χ1n) is 4.92. The smallest absolute Gasteiger partial charge is 0.351 e. The first-order valence-corrected chi connectivity index (χ1v) is 6.11. The molecular formula is C10H14ClNO3S. The van der Waals surface area contributed by atoms with Crippen molar-refractivity contribution < 1.29 is 14.3 Å². The van der Waals surface area contributed by atoms with E-state index in [4.69, 9.17) is 16.3 Å². The monoisotopic (exact) mass is 263 g/mol. The summed E-state index contributed by atoms with van der Waals surface area (Å²) in [5.74, 6) is 0.0803. The Morgan fingerprint density at radius 2 is 2.25 bits per heavy atom. The number of rotatable bonds is 5. The lowest BCUT2D eigenvalue weighted by Crippen LogP contribution is -2.00. The minimum atomic E-state index is -0.485. The summed E-state index contributed by atoms with van der Waals surface area (Å²) in [6, 6.07) is 0. The van der Waals surface area contributed by atoms with Crippen molar-refractivity contribution in [3.8, 4) is 5.19 Å². The van der Waals surface area contributed by atoms with E-state index >= 15 is 0 Å². The van der Waals surface area contributed by atoms with Gasteiger partial charge in [0.2, 0.25) is 0 Å². The van der Waals surface area contributed by atoms with Gasteiger partial charge in [0.05, 0.1) is 13.7 Å². The topological polar surface area (TPSA) is 48.4 Å². The summed E-state index contributed by atoms with van der Waals surface area (Å²) in [6.45, 7) is 4.79. The quantitative estimate of drug-likeness (QED) is 0.766. The highest BCUT2D eigenvalue weighted by atomic mass is 35.5. The number of ether oxygens (including phenoxy) is 2. The Morgan fingerprint density at radius 1 is 1.56 bits per heavy atom. The van der Waals surface area contributed by atoms with E-state index in [-0.39, 0.29) is 10.0 Å². The van der Waals surface area contributed by atoms with Gasteiger partial charge in [0.25, 0.3) is 5.19 Å². The Balaban J connectivity index is 2.59. The molecule has 1 aromatic rings. The van der Waals surface area contributed by atoms with E-state index in [9.17, 15) is 4.79 Å². The van der Waals surface area contributed by atoms with E-state index < -0.39 is 5.97 Å². The third kappa shape index (κ3) is 3.64. The summed E-state index contributed by atoms with van der Waals surface area (Å²) in [5, 5.41) is 0.544. The molecule has 16 heavy (non-hydrogen) atoms. The van der Waals surface area contributed by atoms with Crippen molar-refractivity contribution in [1.82, 2.24) is 4.98 Å². The number of methoxy groups -OCH3 is 1. The number of nitrogens with zero attached hydrogens (tertiary/aromatic N) is 1. The van der Waals surface area contributed by atoms with Crippen molar-refractivity contribution in [2.75, 3.05) is 13.7 Å². The Hall–Kier alpha value is -0.810. The maximum Gasteiger partial charge on any atom is 0.351 e. The summed E-state index contributed by atoms with van der Waals surface area (Å²) in [7, 11) is 1.30. The molecule has 0 amide bonds. The number of carbonyl (C=O) groups is 1. The van der Waals surface area contributed by atoms with Crippen molar-refractivity contribution in [1.29, 1.82) is 0 Å². The summed E-state index contributed by atoms with van der Waals surface area (Å²) in [6.07, 6.45) is 0.935. The van der Waals surface area contributed by atoms with E-state index in [1.807, 2.05) is 0 Å². The summed E-state index contributed by atoms with van der Waals surface area (Å²) in [5.41, 5.74) is 0. The number of hydrogen-bond acceptors (Lipinski definition) is 5. The molecule has 0 saturated carbocycles. The van der Waals surface area contributed by atoms with Crippen LogP contribution in [0, 0.1) is 5.92 Å². The van der Waals surface area contributed by atoms with E-state index in [1.165, 1.54) is 7.11 Å². The Kier molecular flexibility index (Phi) is 5.02. The second-order valence-electron chi connectivity index (χ2n) is 3.62. The van der Waals surface area contributed by atoms with Crippen LogP contribution in [-0.2, 0) is 4.74 Å². The van der Waals surface area contributed by atoms with Crippen LogP contribution < -0.4 is 4.74 Å². The van der Waals surface area contributed by atoms with E-state index in [1.54, 1.807) is 0 Å². The molecule has 0 N–H and O–H groups in total. The molecule has 6 heteroatoms. The molecule has 0 spiro atoms. The van der Waals surface area contributed by atoms with Crippen LogP contribution in [0.4, 0.5) is 0 Å². The zero-order valence-corrected chi connectivity index (χ0v) is 11.0. The molecule has 0 atom stereocenters. The van der Waals surface area contributed by atoms with Crippen LogP contribution in [0.25, 0.3) is 0 Å². The zero-order valence-electron chi connectivity index (χ0n) is 9.45. The van der Waals surface area contributed by atoms with Gasteiger partial charge < -0.3 is 9.47 Å². The highest BCUT2D eigenvalue weighted by molar-refractivity contribution is 7.15. The van der Waals surface area contributed by atoms with Gasteiger partial charge in [0.1, 0.15) is 0 Å². The Labute approximate surface area is 104 Å². The largest absolute Gasteiger partial charge is 0.470 e. The van der Waals surface area contributed by atoms with Crippen molar-refractivity contribution in [3.05, 3.63) is 10.0 Å². The molecule has 4 nitrogen and oxygen atoms in total. The van der Waals surface area contributed by atoms with E-state index in [0.29, 0.717) is 17.7 Å². The van der Waals surface area contributed by atoms with Gasteiger partial charge in [-0.05, 0) is 12.3 Å². The second kappa shape index (κ2) is 6.06. The zero-order chi connectivity index (χ0) is 12.1. The van der Waals surface area contributed by atoms with Crippen LogP contribution in [0.2, 0.25) is 5.15 Å². The van der Waals surface area contributed by atoms with Crippen molar-refractivity contribution >= 4 is 28.9 Å². The average molecular weight is 264 g/mol. The number of aromatic nitrogens is 1. The molecule has 0 unspecified atom stereocenters. The van der Waals surface area contributed by atoms with E-state index in [0.717, 1.165) is 17.8 Å². The summed E-state index contributed by atoms with van der Waals surface area (Å²) < 4.78 is 9.95. The van der Waals surface area contributed by atoms with Gasteiger partial charge in [-0.15, -0.1) is 0 Å². The molecular weight excluding hydrogens is 250 g/mol. The fraction of sp³-hybridized carbons (Fsp3) is 0.600. The fourth-order valence-corrected chi connectivity index (χ4v) is 2.02. The standard InChI is InChI=1S/C10H14ClNO3S/c1-6(2)4-5-15-10-12-8(11)7(16-10)9(13)14-3/h6H,4-5H2,1-3H3. The summed E-state index contributed by atoms with van der Waals surface area (Å²) >= 11 is 6.88. The molecule has 0 saturated heterocycles. The molecule has 0 fully saturated rings.